The molecule has 2 unspecified atom stereocenters. The van der Waals surface area contributed by atoms with Gasteiger partial charge in [0.2, 0.25) is 5.91 Å². The minimum atomic E-state index is -0.851. The Bertz CT molecular complexity index is 993. The highest BCUT2D eigenvalue weighted by Gasteiger charge is 2.18. The van der Waals surface area contributed by atoms with E-state index in [0.29, 0.717) is 19.4 Å². The number of aliphatic hydroxyl groups is 2. The predicted molar refractivity (Wildman–Crippen MR) is 264 cm³/mol. The summed E-state index contributed by atoms with van der Waals surface area (Å²) in [5.74, 6) is -0.0879. The van der Waals surface area contributed by atoms with Gasteiger partial charge >= 0.3 is 5.97 Å². The molecule has 0 radical (unpaired) electrons. The molecule has 0 bridgehead atoms. The van der Waals surface area contributed by atoms with E-state index in [1.54, 1.807) is 6.08 Å². The van der Waals surface area contributed by atoms with E-state index in [9.17, 15) is 19.8 Å². The Morgan fingerprint density at radius 1 is 0.443 bits per heavy atom. The highest BCUT2D eigenvalue weighted by molar-refractivity contribution is 5.76. The molecule has 0 aliphatic rings. The number of rotatable bonds is 49. The number of nitrogens with one attached hydrogen (secondary N) is 1. The van der Waals surface area contributed by atoms with Crippen molar-refractivity contribution in [1.82, 2.24) is 5.32 Å². The van der Waals surface area contributed by atoms with Crippen LogP contribution in [0.3, 0.4) is 0 Å². The van der Waals surface area contributed by atoms with E-state index < -0.39 is 12.1 Å². The van der Waals surface area contributed by atoms with Gasteiger partial charge in [-0.05, 0) is 83.5 Å². The van der Waals surface area contributed by atoms with Crippen LogP contribution in [0.1, 0.15) is 277 Å². The first-order valence-corrected chi connectivity index (χ1v) is 26.8. The average Bonchev–Trinajstić information content (AvgIpc) is 3.26. The number of ether oxygens (including phenoxy) is 1. The van der Waals surface area contributed by atoms with Crippen molar-refractivity contribution in [3.05, 3.63) is 36.5 Å². The SMILES string of the molecule is CCCCCCCC/C=C\CCCCCCCCCC(=O)OCCCCCCCCCCC/C=C\CCCCCCCC(=O)NC(CO)C(O)/C=C/CCCCCCCCC. The zero-order chi connectivity index (χ0) is 44.4. The van der Waals surface area contributed by atoms with Crippen molar-refractivity contribution in [3.8, 4) is 0 Å². The number of carbonyl (C=O) groups is 2. The molecule has 358 valence electrons. The van der Waals surface area contributed by atoms with Gasteiger partial charge in [0.1, 0.15) is 0 Å². The first kappa shape index (κ1) is 59.1. The summed E-state index contributed by atoms with van der Waals surface area (Å²) in [7, 11) is 0. The zero-order valence-corrected chi connectivity index (χ0v) is 40.6. The van der Waals surface area contributed by atoms with E-state index in [0.717, 1.165) is 57.8 Å². The van der Waals surface area contributed by atoms with Gasteiger partial charge in [0.05, 0.1) is 25.4 Å². The maximum absolute atomic E-state index is 12.4. The van der Waals surface area contributed by atoms with Gasteiger partial charge in [0.15, 0.2) is 0 Å². The van der Waals surface area contributed by atoms with Crippen molar-refractivity contribution >= 4 is 11.9 Å². The molecule has 0 aromatic rings. The van der Waals surface area contributed by atoms with Gasteiger partial charge in [-0.3, -0.25) is 9.59 Å². The van der Waals surface area contributed by atoms with Gasteiger partial charge < -0.3 is 20.3 Å². The van der Waals surface area contributed by atoms with Crippen molar-refractivity contribution in [2.75, 3.05) is 13.2 Å². The fourth-order valence-corrected chi connectivity index (χ4v) is 7.97. The molecule has 0 aromatic carbocycles. The number of allylic oxidation sites excluding steroid dienone is 5. The van der Waals surface area contributed by atoms with Gasteiger partial charge in [-0.25, -0.2) is 0 Å². The van der Waals surface area contributed by atoms with E-state index in [1.807, 2.05) is 6.08 Å². The molecule has 61 heavy (non-hydrogen) atoms. The lowest BCUT2D eigenvalue weighted by Gasteiger charge is -2.20. The highest BCUT2D eigenvalue weighted by Crippen LogP contribution is 2.15. The van der Waals surface area contributed by atoms with Gasteiger partial charge in [-0.15, -0.1) is 0 Å². The van der Waals surface area contributed by atoms with Crippen molar-refractivity contribution in [2.45, 2.75) is 289 Å². The Balaban J connectivity index is 3.43. The standard InChI is InChI=1S/C55H103NO5/c1-3-5-7-9-11-13-14-15-16-19-23-26-29-33-37-41-45-49-55(60)61-50-46-42-38-34-30-27-24-21-18-17-20-22-25-28-32-36-40-44-48-54(59)56-52(51-57)53(58)47-43-39-35-31-12-10-8-6-4-2/h15-16,20,22,43,47,52-53,57-58H,3-14,17-19,21,23-42,44-46,48-51H2,1-2H3,(H,56,59)/b16-15-,22-20-,47-43+. The summed E-state index contributed by atoms with van der Waals surface area (Å²) < 4.78 is 5.47. The minimum Gasteiger partial charge on any atom is -0.466 e. The van der Waals surface area contributed by atoms with Crippen LogP contribution in [0.4, 0.5) is 0 Å². The number of hydrogen-bond acceptors (Lipinski definition) is 5. The van der Waals surface area contributed by atoms with Crippen molar-refractivity contribution in [2.24, 2.45) is 0 Å². The lowest BCUT2D eigenvalue weighted by molar-refractivity contribution is -0.143. The van der Waals surface area contributed by atoms with Crippen LogP contribution in [-0.4, -0.2) is 47.4 Å². The molecule has 6 heteroatoms. The highest BCUT2D eigenvalue weighted by atomic mass is 16.5. The summed E-state index contributed by atoms with van der Waals surface area (Å²) in [5, 5.41) is 22.9. The first-order valence-electron chi connectivity index (χ1n) is 26.8. The zero-order valence-electron chi connectivity index (χ0n) is 40.6. The second kappa shape index (κ2) is 50.7. The molecule has 6 nitrogen and oxygen atoms in total. The smallest absolute Gasteiger partial charge is 0.305 e. The van der Waals surface area contributed by atoms with E-state index in [4.69, 9.17) is 4.74 Å². The minimum absolute atomic E-state index is 0.00202. The summed E-state index contributed by atoms with van der Waals surface area (Å²) >= 11 is 0. The number of unbranched alkanes of at least 4 members (excludes halogenated alkanes) is 34. The molecular formula is C55H103NO5. The number of esters is 1. The molecule has 1 amide bonds. The second-order valence-electron chi connectivity index (χ2n) is 18.2. The third-order valence-corrected chi connectivity index (χ3v) is 12.1. The Labute approximate surface area is 379 Å². The maximum Gasteiger partial charge on any atom is 0.305 e. The Morgan fingerprint density at radius 2 is 0.770 bits per heavy atom. The summed E-state index contributed by atoms with van der Waals surface area (Å²) in [6.07, 6.45) is 61.6. The lowest BCUT2D eigenvalue weighted by Crippen LogP contribution is -2.45. The summed E-state index contributed by atoms with van der Waals surface area (Å²) in [6.45, 7) is 4.85. The molecule has 0 saturated heterocycles. The topological polar surface area (TPSA) is 95.9 Å². The molecule has 0 saturated carbocycles. The molecular weight excluding hydrogens is 755 g/mol. The number of hydrogen-bond donors (Lipinski definition) is 3. The summed E-state index contributed by atoms with van der Waals surface area (Å²) in [5.41, 5.74) is 0. The summed E-state index contributed by atoms with van der Waals surface area (Å²) in [6, 6.07) is -0.636. The number of amides is 1. The fourth-order valence-electron chi connectivity index (χ4n) is 7.97. The molecule has 0 aliphatic carbocycles. The average molecular weight is 858 g/mol. The Hall–Kier alpha value is -1.92. The molecule has 0 heterocycles. The molecule has 0 rings (SSSR count). The van der Waals surface area contributed by atoms with Crippen molar-refractivity contribution < 1.29 is 24.5 Å². The van der Waals surface area contributed by atoms with Crippen LogP contribution in [0, 0.1) is 0 Å². The van der Waals surface area contributed by atoms with E-state index in [2.05, 4.69) is 43.5 Å². The van der Waals surface area contributed by atoms with E-state index >= 15 is 0 Å². The van der Waals surface area contributed by atoms with Crippen LogP contribution in [0.15, 0.2) is 36.5 Å². The van der Waals surface area contributed by atoms with Crippen LogP contribution < -0.4 is 5.32 Å². The molecule has 3 N–H and O–H groups in total. The Kier molecular flexibility index (Phi) is 49.1. The molecule has 0 aliphatic heterocycles. The number of carbonyl (C=O) groups excluding carboxylic acids is 2. The maximum atomic E-state index is 12.4. The Morgan fingerprint density at radius 3 is 1.16 bits per heavy atom. The first-order chi connectivity index (χ1) is 30.0. The lowest BCUT2D eigenvalue weighted by atomic mass is 10.1. The monoisotopic (exact) mass is 858 g/mol. The molecule has 2 atom stereocenters. The molecule has 0 fully saturated rings. The predicted octanol–water partition coefficient (Wildman–Crippen LogP) is 16.1. The van der Waals surface area contributed by atoms with Crippen molar-refractivity contribution in [3.63, 3.8) is 0 Å². The van der Waals surface area contributed by atoms with E-state index in [-0.39, 0.29) is 18.5 Å². The van der Waals surface area contributed by atoms with Gasteiger partial charge in [0, 0.05) is 12.8 Å². The van der Waals surface area contributed by atoms with Gasteiger partial charge in [0.25, 0.3) is 0 Å². The largest absolute Gasteiger partial charge is 0.466 e. The number of aliphatic hydroxyl groups excluding tert-OH is 2. The third-order valence-electron chi connectivity index (χ3n) is 12.1. The molecule has 0 spiro atoms. The van der Waals surface area contributed by atoms with Crippen molar-refractivity contribution in [1.29, 1.82) is 0 Å². The van der Waals surface area contributed by atoms with Crippen LogP contribution in [-0.2, 0) is 14.3 Å². The summed E-state index contributed by atoms with van der Waals surface area (Å²) in [4.78, 5) is 24.4. The van der Waals surface area contributed by atoms with Gasteiger partial charge in [-0.2, -0.15) is 0 Å². The third kappa shape index (κ3) is 47.4. The van der Waals surface area contributed by atoms with E-state index in [1.165, 1.54) is 193 Å². The van der Waals surface area contributed by atoms with Gasteiger partial charge in [-0.1, -0.05) is 217 Å². The fraction of sp³-hybridized carbons (Fsp3) is 0.855. The van der Waals surface area contributed by atoms with Crippen LogP contribution in [0.2, 0.25) is 0 Å². The van der Waals surface area contributed by atoms with Crippen LogP contribution in [0.5, 0.6) is 0 Å². The van der Waals surface area contributed by atoms with Crippen LogP contribution in [0.25, 0.3) is 0 Å². The molecule has 0 aromatic heterocycles. The quantitative estimate of drug-likeness (QED) is 0.0322. The van der Waals surface area contributed by atoms with Crippen LogP contribution >= 0.6 is 0 Å². The second-order valence-corrected chi connectivity index (χ2v) is 18.2. The normalized spacial score (nSPS) is 12.9.